The van der Waals surface area contributed by atoms with Crippen LogP contribution in [0.25, 0.3) is 0 Å². The lowest BCUT2D eigenvalue weighted by atomic mass is 10.2. The third-order valence-electron chi connectivity index (χ3n) is 2.84. The van der Waals surface area contributed by atoms with E-state index in [1.165, 1.54) is 0 Å². The Labute approximate surface area is 142 Å². The topological polar surface area (TPSA) is 64.6 Å². The number of esters is 1. The standard InChI is InChI=1S/C17H16BrNO4/c1-2-22-17(21)12-4-3-5-15(10-12)23-11-16(20)19-14-8-6-13(18)7-9-14/h3-10H,2,11H2,1H3,(H,19,20). The van der Waals surface area contributed by atoms with E-state index in [4.69, 9.17) is 9.47 Å². The van der Waals surface area contributed by atoms with E-state index in [1.54, 1.807) is 43.3 Å². The smallest absolute Gasteiger partial charge is 0.338 e. The first-order valence-corrected chi connectivity index (χ1v) is 7.83. The Morgan fingerprint density at radius 3 is 2.57 bits per heavy atom. The van der Waals surface area contributed by atoms with Crippen LogP contribution in [0.1, 0.15) is 17.3 Å². The van der Waals surface area contributed by atoms with E-state index in [1.807, 2.05) is 12.1 Å². The van der Waals surface area contributed by atoms with E-state index >= 15 is 0 Å². The lowest BCUT2D eigenvalue weighted by Gasteiger charge is -2.09. The van der Waals surface area contributed by atoms with Crippen molar-refractivity contribution in [3.05, 3.63) is 58.6 Å². The molecule has 2 rings (SSSR count). The molecule has 0 saturated carbocycles. The van der Waals surface area contributed by atoms with E-state index in [9.17, 15) is 9.59 Å². The van der Waals surface area contributed by atoms with E-state index in [0.717, 1.165) is 4.47 Å². The van der Waals surface area contributed by atoms with Gasteiger partial charge in [0.15, 0.2) is 6.61 Å². The highest BCUT2D eigenvalue weighted by atomic mass is 79.9. The second-order valence-corrected chi connectivity index (χ2v) is 5.51. The number of carbonyl (C=O) groups is 2. The lowest BCUT2D eigenvalue weighted by molar-refractivity contribution is -0.118. The van der Waals surface area contributed by atoms with Crippen LogP contribution in [0.4, 0.5) is 5.69 Å². The number of ether oxygens (including phenoxy) is 2. The van der Waals surface area contributed by atoms with Crippen LogP contribution >= 0.6 is 15.9 Å². The molecule has 0 aliphatic rings. The van der Waals surface area contributed by atoms with E-state index < -0.39 is 5.97 Å². The van der Waals surface area contributed by atoms with Crippen LogP contribution in [0.5, 0.6) is 5.75 Å². The van der Waals surface area contributed by atoms with Gasteiger partial charge in [-0.3, -0.25) is 4.79 Å². The minimum Gasteiger partial charge on any atom is -0.484 e. The summed E-state index contributed by atoms with van der Waals surface area (Å²) in [6, 6.07) is 13.8. The van der Waals surface area contributed by atoms with Crippen LogP contribution in [0, 0.1) is 0 Å². The number of carbonyl (C=O) groups excluding carboxylic acids is 2. The van der Waals surface area contributed by atoms with Gasteiger partial charge in [0, 0.05) is 10.2 Å². The first kappa shape index (κ1) is 17.0. The van der Waals surface area contributed by atoms with Crippen LogP contribution in [0.3, 0.4) is 0 Å². The Bertz CT molecular complexity index is 685. The van der Waals surface area contributed by atoms with Crippen molar-refractivity contribution in [1.82, 2.24) is 0 Å². The molecule has 0 radical (unpaired) electrons. The molecule has 5 nitrogen and oxygen atoms in total. The van der Waals surface area contributed by atoms with E-state index in [-0.39, 0.29) is 12.5 Å². The third-order valence-corrected chi connectivity index (χ3v) is 3.37. The maximum atomic E-state index is 11.9. The van der Waals surface area contributed by atoms with Gasteiger partial charge >= 0.3 is 5.97 Å². The summed E-state index contributed by atoms with van der Waals surface area (Å²) in [5, 5.41) is 2.72. The van der Waals surface area contributed by atoms with Crippen molar-refractivity contribution in [2.24, 2.45) is 0 Å². The minimum atomic E-state index is -0.419. The molecule has 2 aromatic rings. The molecule has 0 bridgehead atoms. The quantitative estimate of drug-likeness (QED) is 0.780. The zero-order valence-corrected chi connectivity index (χ0v) is 14.1. The summed E-state index contributed by atoms with van der Waals surface area (Å²) in [6.07, 6.45) is 0. The molecular weight excluding hydrogens is 362 g/mol. The summed E-state index contributed by atoms with van der Waals surface area (Å²) in [5.74, 6) is -0.271. The van der Waals surface area contributed by atoms with Crippen molar-refractivity contribution >= 4 is 33.5 Å². The minimum absolute atomic E-state index is 0.150. The average Bonchev–Trinajstić information content (AvgIpc) is 2.56. The fourth-order valence-corrected chi connectivity index (χ4v) is 2.07. The molecule has 1 N–H and O–H groups in total. The highest BCUT2D eigenvalue weighted by molar-refractivity contribution is 9.10. The number of amides is 1. The Morgan fingerprint density at radius 1 is 1.13 bits per heavy atom. The molecule has 0 fully saturated rings. The van der Waals surface area contributed by atoms with Crippen molar-refractivity contribution < 1.29 is 19.1 Å². The molecule has 0 aliphatic heterocycles. The van der Waals surface area contributed by atoms with E-state index in [0.29, 0.717) is 23.6 Å². The molecule has 120 valence electrons. The van der Waals surface area contributed by atoms with E-state index in [2.05, 4.69) is 21.2 Å². The molecule has 0 heterocycles. The monoisotopic (exact) mass is 377 g/mol. The Kier molecular flexibility index (Phi) is 6.17. The van der Waals surface area contributed by atoms with Gasteiger partial charge in [0.05, 0.1) is 12.2 Å². The largest absolute Gasteiger partial charge is 0.484 e. The number of rotatable bonds is 6. The van der Waals surface area contributed by atoms with Gasteiger partial charge in [-0.05, 0) is 49.4 Å². The first-order valence-electron chi connectivity index (χ1n) is 7.04. The van der Waals surface area contributed by atoms with Crippen molar-refractivity contribution in [3.8, 4) is 5.75 Å². The average molecular weight is 378 g/mol. The summed E-state index contributed by atoms with van der Waals surface area (Å²) in [4.78, 5) is 23.5. The molecule has 0 unspecified atom stereocenters. The number of hydrogen-bond donors (Lipinski definition) is 1. The Morgan fingerprint density at radius 2 is 1.87 bits per heavy atom. The summed E-state index contributed by atoms with van der Waals surface area (Å²) >= 11 is 3.33. The zero-order valence-electron chi connectivity index (χ0n) is 12.5. The van der Waals surface area contributed by atoms with Gasteiger partial charge in [-0.25, -0.2) is 4.79 Å². The van der Waals surface area contributed by atoms with Crippen molar-refractivity contribution in [2.75, 3.05) is 18.5 Å². The third kappa shape index (κ3) is 5.41. The van der Waals surface area contributed by atoms with Gasteiger partial charge < -0.3 is 14.8 Å². The molecule has 0 aromatic heterocycles. The summed E-state index contributed by atoms with van der Waals surface area (Å²) in [6.45, 7) is 1.90. The van der Waals surface area contributed by atoms with Crippen molar-refractivity contribution in [2.45, 2.75) is 6.92 Å². The lowest BCUT2D eigenvalue weighted by Crippen LogP contribution is -2.20. The molecule has 0 saturated heterocycles. The molecule has 0 atom stereocenters. The number of nitrogens with one attached hydrogen (secondary N) is 1. The van der Waals surface area contributed by atoms with Gasteiger partial charge in [0.1, 0.15) is 5.75 Å². The van der Waals surface area contributed by atoms with Gasteiger partial charge in [-0.2, -0.15) is 0 Å². The molecule has 23 heavy (non-hydrogen) atoms. The maximum absolute atomic E-state index is 11.9. The number of hydrogen-bond acceptors (Lipinski definition) is 4. The highest BCUT2D eigenvalue weighted by Crippen LogP contribution is 2.16. The van der Waals surface area contributed by atoms with Gasteiger partial charge in [0.25, 0.3) is 5.91 Å². The van der Waals surface area contributed by atoms with Crippen molar-refractivity contribution in [3.63, 3.8) is 0 Å². The SMILES string of the molecule is CCOC(=O)c1cccc(OCC(=O)Nc2ccc(Br)cc2)c1. The van der Waals surface area contributed by atoms with Crippen LogP contribution in [-0.2, 0) is 9.53 Å². The maximum Gasteiger partial charge on any atom is 0.338 e. The van der Waals surface area contributed by atoms with Crippen LogP contribution in [0.15, 0.2) is 53.0 Å². The van der Waals surface area contributed by atoms with Crippen LogP contribution in [-0.4, -0.2) is 25.1 Å². The van der Waals surface area contributed by atoms with Gasteiger partial charge in [0.2, 0.25) is 0 Å². The molecule has 0 spiro atoms. The predicted molar refractivity (Wildman–Crippen MR) is 90.7 cm³/mol. The molecular formula is C17H16BrNO4. The number of anilines is 1. The summed E-state index contributed by atoms with van der Waals surface area (Å²) in [7, 11) is 0. The number of benzene rings is 2. The fraction of sp³-hybridized carbons (Fsp3) is 0.176. The fourth-order valence-electron chi connectivity index (χ4n) is 1.81. The number of halogens is 1. The van der Waals surface area contributed by atoms with Crippen LogP contribution in [0.2, 0.25) is 0 Å². The molecule has 6 heteroatoms. The Balaban J connectivity index is 1.90. The molecule has 1 amide bonds. The highest BCUT2D eigenvalue weighted by Gasteiger charge is 2.08. The zero-order chi connectivity index (χ0) is 16.7. The molecule has 0 aliphatic carbocycles. The van der Waals surface area contributed by atoms with Crippen LogP contribution < -0.4 is 10.1 Å². The molecule has 2 aromatic carbocycles. The van der Waals surface area contributed by atoms with Gasteiger partial charge in [-0.15, -0.1) is 0 Å². The first-order chi connectivity index (χ1) is 11.1. The second kappa shape index (κ2) is 8.33. The summed E-state index contributed by atoms with van der Waals surface area (Å²) in [5.41, 5.74) is 1.07. The summed E-state index contributed by atoms with van der Waals surface area (Å²) < 4.78 is 11.3. The van der Waals surface area contributed by atoms with Crippen molar-refractivity contribution in [1.29, 1.82) is 0 Å². The Hall–Kier alpha value is -2.34. The normalized spacial score (nSPS) is 10.0. The second-order valence-electron chi connectivity index (χ2n) is 4.59. The predicted octanol–water partition coefficient (Wildman–Crippen LogP) is 3.64. The van der Waals surface area contributed by atoms with Gasteiger partial charge in [-0.1, -0.05) is 22.0 Å².